The molecule has 0 aromatic heterocycles. The SMILES string of the molecule is CC(C)(C)[PH]([Pd][PH](C(C)(C)C)(C(C)(C)C)C(C)(C)C)(C(C)(C)C)C(C)(C)C. The minimum atomic E-state index is -1.75. The van der Waals surface area contributed by atoms with Gasteiger partial charge in [0.15, 0.2) is 0 Å². The van der Waals surface area contributed by atoms with Crippen molar-refractivity contribution in [1.82, 2.24) is 0 Å². The van der Waals surface area contributed by atoms with E-state index < -0.39 is 10.9 Å². The summed E-state index contributed by atoms with van der Waals surface area (Å²) in [6, 6.07) is 0. The zero-order chi connectivity index (χ0) is 22.7. The van der Waals surface area contributed by atoms with E-state index in [-0.39, 0.29) is 0 Å². The van der Waals surface area contributed by atoms with Crippen LogP contribution < -0.4 is 0 Å². The molecule has 0 rings (SSSR count). The molecular weight excluding hydrogens is 457 g/mol. The van der Waals surface area contributed by atoms with E-state index in [9.17, 15) is 0 Å². The molecule has 0 spiro atoms. The Labute approximate surface area is 183 Å². The van der Waals surface area contributed by atoms with Gasteiger partial charge in [-0.2, -0.15) is 0 Å². The Hall–Kier alpha value is 1.52. The second-order valence-electron chi connectivity index (χ2n) is 14.8. The summed E-state index contributed by atoms with van der Waals surface area (Å²) in [5.74, 6) is 0. The topological polar surface area (TPSA) is 0 Å². The van der Waals surface area contributed by atoms with Crippen LogP contribution in [0.4, 0.5) is 0 Å². The second kappa shape index (κ2) is 7.58. The van der Waals surface area contributed by atoms with E-state index in [1.165, 1.54) is 0 Å². The Morgan fingerprint density at radius 2 is 0.407 bits per heavy atom. The molecule has 0 aliphatic carbocycles. The molecule has 0 radical (unpaired) electrons. The summed E-state index contributed by atoms with van der Waals surface area (Å²) in [7, 11) is 0. The predicted octanol–water partition coefficient (Wildman–Crippen LogP) is 9.19. The summed E-state index contributed by atoms with van der Waals surface area (Å²) in [6.45, 7) is 46.5. The zero-order valence-corrected chi connectivity index (χ0v) is 25.9. The molecule has 0 saturated heterocycles. The fourth-order valence-corrected chi connectivity index (χ4v) is 67.6. The van der Waals surface area contributed by atoms with Crippen molar-refractivity contribution < 1.29 is 17.0 Å². The van der Waals surface area contributed by atoms with E-state index >= 15 is 0 Å². The van der Waals surface area contributed by atoms with E-state index in [0.717, 1.165) is 17.0 Å². The van der Waals surface area contributed by atoms with Crippen LogP contribution in [0.1, 0.15) is 125 Å². The van der Waals surface area contributed by atoms with Crippen LogP contribution >= 0.6 is 10.9 Å². The molecule has 0 heterocycles. The maximum atomic E-state index is 2.58. The summed E-state index contributed by atoms with van der Waals surface area (Å²) >= 11 is 0.849. The van der Waals surface area contributed by atoms with Gasteiger partial charge in [0.25, 0.3) is 0 Å². The molecule has 0 aromatic rings. The van der Waals surface area contributed by atoms with Crippen molar-refractivity contribution in [3.05, 3.63) is 0 Å². The minimum absolute atomic E-state index is 0.387. The van der Waals surface area contributed by atoms with Crippen LogP contribution in [0.5, 0.6) is 0 Å². The van der Waals surface area contributed by atoms with Gasteiger partial charge >= 0.3 is 183 Å². The molecule has 0 aliphatic heterocycles. The first-order valence-corrected chi connectivity index (χ1v) is 19.1. The molecule has 172 valence electrons. The maximum absolute atomic E-state index is 2.58. The third-order valence-corrected chi connectivity index (χ3v) is 51.4. The van der Waals surface area contributed by atoms with Crippen molar-refractivity contribution in [1.29, 1.82) is 0 Å². The monoisotopic (exact) mass is 512 g/mol. The molecule has 0 unspecified atom stereocenters. The van der Waals surface area contributed by atoms with E-state index in [2.05, 4.69) is 125 Å². The summed E-state index contributed by atoms with van der Waals surface area (Å²) in [4.78, 5) is 0. The molecular formula is C24H56P2Pd. The second-order valence-corrected chi connectivity index (χ2v) is 37.4. The molecule has 0 bridgehead atoms. The first-order chi connectivity index (χ1) is 11.2. The van der Waals surface area contributed by atoms with Gasteiger partial charge in [0.1, 0.15) is 0 Å². The van der Waals surface area contributed by atoms with Gasteiger partial charge in [-0.15, -0.1) is 0 Å². The predicted molar refractivity (Wildman–Crippen MR) is 135 cm³/mol. The van der Waals surface area contributed by atoms with E-state index in [4.69, 9.17) is 0 Å². The molecule has 0 N–H and O–H groups in total. The Morgan fingerprint density at radius 1 is 0.296 bits per heavy atom. The standard InChI is InChI=1S/2C12H27P.Pd/c2*1-10(2,3)13(11(4,5)6)12(7,8)9;/h2*1-9H3;/q;;-2/p+2. The number of hydrogen-bond donors (Lipinski definition) is 0. The van der Waals surface area contributed by atoms with Crippen LogP contribution in [-0.2, 0) is 17.0 Å². The number of rotatable bonds is 2. The zero-order valence-electron chi connectivity index (χ0n) is 22.3. The fraction of sp³-hybridized carbons (Fsp3) is 1.00. The van der Waals surface area contributed by atoms with Gasteiger partial charge in [0.2, 0.25) is 0 Å². The van der Waals surface area contributed by atoms with Crippen LogP contribution in [0.3, 0.4) is 0 Å². The Morgan fingerprint density at radius 3 is 0.481 bits per heavy atom. The van der Waals surface area contributed by atoms with E-state index in [1.807, 2.05) is 0 Å². The Kier molecular flexibility index (Phi) is 8.01. The van der Waals surface area contributed by atoms with Gasteiger partial charge in [-0.3, -0.25) is 0 Å². The van der Waals surface area contributed by atoms with Gasteiger partial charge < -0.3 is 0 Å². The van der Waals surface area contributed by atoms with E-state index in [1.54, 1.807) is 0 Å². The summed E-state index contributed by atoms with van der Waals surface area (Å²) in [5.41, 5.74) is -3.51. The van der Waals surface area contributed by atoms with Crippen LogP contribution in [0.2, 0.25) is 0 Å². The van der Waals surface area contributed by atoms with Gasteiger partial charge in [0.05, 0.1) is 0 Å². The summed E-state index contributed by atoms with van der Waals surface area (Å²) in [5, 5.41) is 2.32. The van der Waals surface area contributed by atoms with E-state index in [0.29, 0.717) is 30.9 Å². The molecule has 27 heavy (non-hydrogen) atoms. The molecule has 0 saturated carbocycles. The normalized spacial score (nSPS) is 18.0. The fourth-order valence-electron chi connectivity index (χ4n) is 7.64. The Bertz CT molecular complexity index is 385. The van der Waals surface area contributed by atoms with Crippen molar-refractivity contribution in [3.63, 3.8) is 0 Å². The summed E-state index contributed by atoms with van der Waals surface area (Å²) in [6.07, 6.45) is 0. The summed E-state index contributed by atoms with van der Waals surface area (Å²) < 4.78 is 0. The first kappa shape index (κ1) is 28.5. The van der Waals surface area contributed by atoms with Crippen molar-refractivity contribution in [2.45, 2.75) is 156 Å². The van der Waals surface area contributed by atoms with Gasteiger partial charge in [-0.25, -0.2) is 0 Å². The van der Waals surface area contributed by atoms with Crippen LogP contribution in [0.15, 0.2) is 0 Å². The molecule has 0 aromatic carbocycles. The first-order valence-electron chi connectivity index (χ1n) is 10.8. The van der Waals surface area contributed by atoms with Crippen LogP contribution in [-0.4, -0.2) is 30.9 Å². The van der Waals surface area contributed by atoms with Crippen molar-refractivity contribution in [3.8, 4) is 0 Å². The van der Waals surface area contributed by atoms with Crippen molar-refractivity contribution in [2.75, 3.05) is 0 Å². The third-order valence-electron chi connectivity index (χ3n) is 6.16. The molecule has 0 fully saturated rings. The van der Waals surface area contributed by atoms with Crippen molar-refractivity contribution in [2.24, 2.45) is 0 Å². The Balaban J connectivity index is 7.45. The third kappa shape index (κ3) is 4.74. The molecule has 0 aliphatic rings. The van der Waals surface area contributed by atoms with Crippen LogP contribution in [0, 0.1) is 0 Å². The van der Waals surface area contributed by atoms with Gasteiger partial charge in [-0.05, 0) is 0 Å². The molecule has 0 atom stereocenters. The van der Waals surface area contributed by atoms with Gasteiger partial charge in [-0.1, -0.05) is 0 Å². The number of hydrogen-bond acceptors (Lipinski definition) is 0. The molecule has 3 heteroatoms. The van der Waals surface area contributed by atoms with Crippen LogP contribution in [0.25, 0.3) is 0 Å². The molecule has 0 amide bonds. The molecule has 0 nitrogen and oxygen atoms in total. The van der Waals surface area contributed by atoms with Crippen molar-refractivity contribution >= 4 is 10.9 Å². The van der Waals surface area contributed by atoms with Gasteiger partial charge in [0, 0.05) is 0 Å². The quantitative estimate of drug-likeness (QED) is 0.255. The average Bonchev–Trinajstić information content (AvgIpc) is 2.16. The average molecular weight is 513 g/mol.